The Morgan fingerprint density at radius 3 is 2.57 bits per heavy atom. The molecule has 0 fully saturated rings. The van der Waals surface area contributed by atoms with Crippen LogP contribution >= 0.6 is 34.5 Å². The van der Waals surface area contributed by atoms with Crippen LogP contribution < -0.4 is 5.32 Å². The van der Waals surface area contributed by atoms with Crippen LogP contribution in [-0.4, -0.2) is 16.0 Å². The fraction of sp³-hybridized carbons (Fsp3) is 0.0833. The standard InChI is InChI=1S/C12H8Cl2N2O4S/c13-6-4-8(9(16(19)20)5-7(6)14)15-11(12(17)18)10-2-1-3-21-10/h1-5,11,15H,(H,17,18). The second-order valence-corrected chi connectivity index (χ2v) is 5.77. The summed E-state index contributed by atoms with van der Waals surface area (Å²) in [4.78, 5) is 22.3. The van der Waals surface area contributed by atoms with Gasteiger partial charge in [-0.05, 0) is 17.5 Å². The van der Waals surface area contributed by atoms with E-state index in [4.69, 9.17) is 23.2 Å². The molecular weight excluding hydrogens is 339 g/mol. The van der Waals surface area contributed by atoms with Crippen molar-refractivity contribution in [1.82, 2.24) is 0 Å². The molecule has 21 heavy (non-hydrogen) atoms. The Kier molecular flexibility index (Phi) is 4.66. The number of carboxylic acid groups (broad SMARTS) is 1. The second-order valence-electron chi connectivity index (χ2n) is 3.97. The van der Waals surface area contributed by atoms with Crippen molar-refractivity contribution in [3.05, 3.63) is 54.7 Å². The van der Waals surface area contributed by atoms with E-state index in [-0.39, 0.29) is 21.4 Å². The van der Waals surface area contributed by atoms with Crippen LogP contribution in [0.15, 0.2) is 29.6 Å². The summed E-state index contributed by atoms with van der Waals surface area (Å²) in [6, 6.07) is 4.53. The summed E-state index contributed by atoms with van der Waals surface area (Å²) < 4.78 is 0. The fourth-order valence-corrected chi connectivity index (χ4v) is 2.76. The van der Waals surface area contributed by atoms with E-state index in [2.05, 4.69) is 5.32 Å². The number of aliphatic carboxylic acids is 1. The van der Waals surface area contributed by atoms with Crippen molar-refractivity contribution < 1.29 is 14.8 Å². The average Bonchev–Trinajstić information content (AvgIpc) is 2.92. The monoisotopic (exact) mass is 346 g/mol. The number of rotatable bonds is 5. The molecule has 110 valence electrons. The van der Waals surface area contributed by atoms with Gasteiger partial charge in [0.1, 0.15) is 5.69 Å². The van der Waals surface area contributed by atoms with Gasteiger partial charge in [-0.25, -0.2) is 4.79 Å². The lowest BCUT2D eigenvalue weighted by Crippen LogP contribution is -2.20. The molecule has 0 bridgehead atoms. The van der Waals surface area contributed by atoms with Crippen molar-refractivity contribution in [3.63, 3.8) is 0 Å². The van der Waals surface area contributed by atoms with E-state index in [9.17, 15) is 20.0 Å². The predicted octanol–water partition coefficient (Wildman–Crippen LogP) is 4.20. The van der Waals surface area contributed by atoms with Gasteiger partial charge in [-0.2, -0.15) is 0 Å². The van der Waals surface area contributed by atoms with Crippen molar-refractivity contribution >= 4 is 51.9 Å². The summed E-state index contributed by atoms with van der Waals surface area (Å²) in [6.07, 6.45) is 0. The van der Waals surface area contributed by atoms with Crippen LogP contribution in [0, 0.1) is 10.1 Å². The number of halogens is 2. The molecule has 2 rings (SSSR count). The van der Waals surface area contributed by atoms with Crippen LogP contribution in [0.4, 0.5) is 11.4 Å². The van der Waals surface area contributed by atoms with Crippen LogP contribution in [0.5, 0.6) is 0 Å². The number of nitrogens with zero attached hydrogens (tertiary/aromatic N) is 1. The number of nitro groups is 1. The third-order valence-electron chi connectivity index (χ3n) is 2.61. The first kappa shape index (κ1) is 15.6. The summed E-state index contributed by atoms with van der Waals surface area (Å²) >= 11 is 12.8. The molecule has 0 amide bonds. The third-order valence-corrected chi connectivity index (χ3v) is 4.27. The lowest BCUT2D eigenvalue weighted by atomic mass is 10.2. The van der Waals surface area contributed by atoms with Gasteiger partial charge in [-0.15, -0.1) is 11.3 Å². The fourth-order valence-electron chi connectivity index (χ4n) is 1.67. The topological polar surface area (TPSA) is 92.5 Å². The summed E-state index contributed by atoms with van der Waals surface area (Å²) in [6.45, 7) is 0. The number of thiophene rings is 1. The molecule has 0 aliphatic heterocycles. The van der Waals surface area contributed by atoms with Crippen molar-refractivity contribution in [2.75, 3.05) is 5.32 Å². The minimum Gasteiger partial charge on any atom is -0.479 e. The van der Waals surface area contributed by atoms with E-state index in [1.54, 1.807) is 17.5 Å². The first-order valence-corrected chi connectivity index (χ1v) is 7.20. The molecule has 2 aromatic rings. The average molecular weight is 347 g/mol. The van der Waals surface area contributed by atoms with Crippen LogP contribution in [0.2, 0.25) is 10.0 Å². The van der Waals surface area contributed by atoms with Crippen molar-refractivity contribution in [3.8, 4) is 0 Å². The SMILES string of the molecule is O=C(O)C(Nc1cc(Cl)c(Cl)cc1[N+](=O)[O-])c1cccs1. The van der Waals surface area contributed by atoms with Crippen LogP contribution in [0.3, 0.4) is 0 Å². The molecule has 0 spiro atoms. The summed E-state index contributed by atoms with van der Waals surface area (Å²) in [5.41, 5.74) is -0.345. The number of carboxylic acids is 1. The summed E-state index contributed by atoms with van der Waals surface area (Å²) in [7, 11) is 0. The molecule has 0 saturated heterocycles. The zero-order valence-corrected chi connectivity index (χ0v) is 12.6. The maximum absolute atomic E-state index is 11.4. The minimum absolute atomic E-state index is 0.00444. The normalized spacial score (nSPS) is 11.9. The molecule has 1 heterocycles. The van der Waals surface area contributed by atoms with Crippen molar-refractivity contribution in [2.45, 2.75) is 6.04 Å². The van der Waals surface area contributed by atoms with E-state index in [1.165, 1.54) is 17.4 Å². The zero-order valence-electron chi connectivity index (χ0n) is 10.2. The van der Waals surface area contributed by atoms with Gasteiger partial charge >= 0.3 is 5.97 Å². The first-order chi connectivity index (χ1) is 9.90. The van der Waals surface area contributed by atoms with Gasteiger partial charge in [0.15, 0.2) is 6.04 Å². The van der Waals surface area contributed by atoms with Crippen LogP contribution in [0.1, 0.15) is 10.9 Å². The summed E-state index contributed by atoms with van der Waals surface area (Å²) in [5, 5.41) is 24.8. The molecule has 9 heteroatoms. The van der Waals surface area contributed by atoms with Gasteiger partial charge < -0.3 is 10.4 Å². The summed E-state index contributed by atoms with van der Waals surface area (Å²) in [5.74, 6) is -1.15. The number of carbonyl (C=O) groups is 1. The van der Waals surface area contributed by atoms with E-state index in [0.717, 1.165) is 6.07 Å². The number of nitro benzene ring substituents is 1. The molecule has 0 radical (unpaired) electrons. The smallest absolute Gasteiger partial charge is 0.331 e. The van der Waals surface area contributed by atoms with Crippen molar-refractivity contribution in [1.29, 1.82) is 0 Å². The van der Waals surface area contributed by atoms with Gasteiger partial charge in [0.2, 0.25) is 0 Å². The van der Waals surface area contributed by atoms with E-state index >= 15 is 0 Å². The minimum atomic E-state index is -1.15. The van der Waals surface area contributed by atoms with Gasteiger partial charge in [-0.1, -0.05) is 29.3 Å². The van der Waals surface area contributed by atoms with E-state index < -0.39 is 16.9 Å². The Morgan fingerprint density at radius 2 is 2.05 bits per heavy atom. The largest absolute Gasteiger partial charge is 0.479 e. The lowest BCUT2D eigenvalue weighted by Gasteiger charge is -2.15. The van der Waals surface area contributed by atoms with E-state index in [1.807, 2.05) is 0 Å². The highest BCUT2D eigenvalue weighted by atomic mass is 35.5. The number of hydrogen-bond acceptors (Lipinski definition) is 5. The molecule has 0 saturated carbocycles. The molecule has 1 unspecified atom stereocenters. The van der Waals surface area contributed by atoms with Gasteiger partial charge in [0, 0.05) is 10.9 Å². The number of benzene rings is 1. The Morgan fingerprint density at radius 1 is 1.38 bits per heavy atom. The second kappa shape index (κ2) is 6.30. The maximum Gasteiger partial charge on any atom is 0.331 e. The van der Waals surface area contributed by atoms with Crippen LogP contribution in [-0.2, 0) is 4.79 Å². The molecule has 1 aromatic carbocycles. The number of nitrogens with one attached hydrogen (secondary N) is 1. The number of anilines is 1. The zero-order chi connectivity index (χ0) is 15.6. The van der Waals surface area contributed by atoms with Gasteiger partial charge in [0.05, 0.1) is 15.0 Å². The Bertz CT molecular complexity index is 691. The van der Waals surface area contributed by atoms with Gasteiger partial charge in [0.25, 0.3) is 5.69 Å². The third kappa shape index (κ3) is 3.44. The quantitative estimate of drug-likeness (QED) is 0.625. The molecule has 0 aliphatic carbocycles. The highest BCUT2D eigenvalue weighted by Crippen LogP contribution is 2.36. The Labute approximate surface area is 133 Å². The Hall–Kier alpha value is -1.83. The first-order valence-electron chi connectivity index (χ1n) is 5.56. The molecule has 0 aliphatic rings. The molecular formula is C12H8Cl2N2O4S. The lowest BCUT2D eigenvalue weighted by molar-refractivity contribution is -0.384. The molecule has 1 aromatic heterocycles. The number of hydrogen-bond donors (Lipinski definition) is 2. The van der Waals surface area contributed by atoms with Gasteiger partial charge in [-0.3, -0.25) is 10.1 Å². The molecule has 6 nitrogen and oxygen atoms in total. The predicted molar refractivity (Wildman–Crippen MR) is 81.4 cm³/mol. The maximum atomic E-state index is 11.4. The Balaban J connectivity index is 2.43. The van der Waals surface area contributed by atoms with Crippen molar-refractivity contribution in [2.24, 2.45) is 0 Å². The molecule has 2 N–H and O–H groups in total. The molecule has 1 atom stereocenters. The highest BCUT2D eigenvalue weighted by Gasteiger charge is 2.25. The highest BCUT2D eigenvalue weighted by molar-refractivity contribution is 7.10. The van der Waals surface area contributed by atoms with Crippen LogP contribution in [0.25, 0.3) is 0 Å². The van der Waals surface area contributed by atoms with E-state index in [0.29, 0.717) is 4.88 Å².